The summed E-state index contributed by atoms with van der Waals surface area (Å²) in [5.74, 6) is 0. The lowest BCUT2D eigenvalue weighted by atomic mass is 10.1. The fourth-order valence-electron chi connectivity index (χ4n) is 1.55. The van der Waals surface area contributed by atoms with Crippen LogP contribution in [-0.4, -0.2) is 27.8 Å². The lowest BCUT2D eigenvalue weighted by molar-refractivity contribution is -0.109. The Morgan fingerprint density at radius 1 is 1.50 bits per heavy atom. The number of aldehydes is 1. The van der Waals surface area contributed by atoms with Gasteiger partial charge in [-0.3, -0.25) is 4.68 Å². The number of nitrogens with one attached hydrogen (secondary N) is 1. The molecule has 0 fully saturated rings. The number of halogens is 2. The van der Waals surface area contributed by atoms with E-state index in [-0.39, 0.29) is 5.56 Å². The van der Waals surface area contributed by atoms with Crippen LogP contribution in [-0.2, 0) is 16.6 Å². The maximum atomic E-state index is 12.8. The molecule has 8 heteroatoms. The summed E-state index contributed by atoms with van der Waals surface area (Å²) < 4.78 is 31.8. The molecule has 1 amide bonds. The molecule has 1 rings (SSSR count). The van der Waals surface area contributed by atoms with Gasteiger partial charge in [0.2, 0.25) is 0 Å². The van der Waals surface area contributed by atoms with Gasteiger partial charge in [-0.2, -0.15) is 5.10 Å². The molecule has 0 spiro atoms. The number of nitrogens with zero attached hydrogens (tertiary/aromatic N) is 2. The number of carbonyl (C=O) groups is 2. The van der Waals surface area contributed by atoms with Crippen LogP contribution in [0.4, 0.5) is 13.6 Å². The van der Waals surface area contributed by atoms with Gasteiger partial charge in [0, 0.05) is 18.8 Å². The SMILES string of the molecule is Cn1cc(C(C=O)NC(=O)OC(C)(C)C)c(C(F)F)n1. The molecule has 1 heterocycles. The number of aryl methyl sites for hydroxylation is 1. The fourth-order valence-corrected chi connectivity index (χ4v) is 1.55. The van der Waals surface area contributed by atoms with Crippen LogP contribution in [0.25, 0.3) is 0 Å². The molecule has 0 saturated heterocycles. The van der Waals surface area contributed by atoms with Crippen molar-refractivity contribution >= 4 is 12.4 Å². The smallest absolute Gasteiger partial charge is 0.408 e. The molecule has 1 N–H and O–H groups in total. The Morgan fingerprint density at radius 2 is 2.10 bits per heavy atom. The van der Waals surface area contributed by atoms with Gasteiger partial charge < -0.3 is 14.8 Å². The lowest BCUT2D eigenvalue weighted by Crippen LogP contribution is -2.35. The van der Waals surface area contributed by atoms with Gasteiger partial charge in [0.1, 0.15) is 23.6 Å². The number of ether oxygens (including phenoxy) is 1. The molecular formula is C12H17F2N3O3. The summed E-state index contributed by atoms with van der Waals surface area (Å²) >= 11 is 0. The monoisotopic (exact) mass is 289 g/mol. The second kappa shape index (κ2) is 5.98. The number of alkyl carbamates (subject to hydrolysis) is 1. The van der Waals surface area contributed by atoms with Crippen LogP contribution in [0.2, 0.25) is 0 Å². The maximum absolute atomic E-state index is 12.8. The standard InChI is InChI=1S/C12H17F2N3O3/c1-12(2,3)20-11(19)15-8(6-18)7-5-17(4)16-9(7)10(13)14/h5-6,8,10H,1-4H3,(H,15,19). The van der Waals surface area contributed by atoms with E-state index in [0.717, 1.165) is 4.68 Å². The van der Waals surface area contributed by atoms with E-state index in [1.807, 2.05) is 0 Å². The molecule has 1 unspecified atom stereocenters. The number of amides is 1. The molecule has 0 aliphatic rings. The van der Waals surface area contributed by atoms with Crippen LogP contribution < -0.4 is 5.32 Å². The number of alkyl halides is 2. The van der Waals surface area contributed by atoms with Crippen LogP contribution >= 0.6 is 0 Å². The third kappa shape index (κ3) is 4.29. The Hall–Kier alpha value is -1.99. The molecule has 20 heavy (non-hydrogen) atoms. The first-order valence-electron chi connectivity index (χ1n) is 5.90. The van der Waals surface area contributed by atoms with E-state index in [0.29, 0.717) is 6.29 Å². The van der Waals surface area contributed by atoms with E-state index in [2.05, 4.69) is 10.4 Å². The third-order valence-corrected chi connectivity index (χ3v) is 2.24. The maximum Gasteiger partial charge on any atom is 0.408 e. The Labute approximate surface area is 115 Å². The Bertz CT molecular complexity index is 495. The molecule has 1 aromatic rings. The summed E-state index contributed by atoms with van der Waals surface area (Å²) in [6, 6.07) is -1.23. The minimum absolute atomic E-state index is 0.0524. The van der Waals surface area contributed by atoms with Gasteiger partial charge in [0.25, 0.3) is 6.43 Å². The minimum atomic E-state index is -2.84. The molecule has 0 bridgehead atoms. The number of hydrogen-bond donors (Lipinski definition) is 1. The fraction of sp³-hybridized carbons (Fsp3) is 0.583. The summed E-state index contributed by atoms with van der Waals surface area (Å²) in [5.41, 5.74) is -1.35. The second-order valence-electron chi connectivity index (χ2n) is 5.20. The largest absolute Gasteiger partial charge is 0.444 e. The number of aromatic nitrogens is 2. The zero-order valence-corrected chi connectivity index (χ0v) is 11.7. The molecule has 0 saturated carbocycles. The van der Waals surface area contributed by atoms with E-state index in [4.69, 9.17) is 4.74 Å². The van der Waals surface area contributed by atoms with Gasteiger partial charge in [-0.05, 0) is 20.8 Å². The van der Waals surface area contributed by atoms with Gasteiger partial charge in [-0.25, -0.2) is 13.6 Å². The van der Waals surface area contributed by atoms with Crippen LogP contribution in [0.15, 0.2) is 6.20 Å². The molecule has 6 nitrogen and oxygen atoms in total. The van der Waals surface area contributed by atoms with Crippen molar-refractivity contribution in [2.75, 3.05) is 0 Å². The predicted octanol–water partition coefficient (Wildman–Crippen LogP) is 2.12. The van der Waals surface area contributed by atoms with Crippen molar-refractivity contribution in [1.82, 2.24) is 15.1 Å². The van der Waals surface area contributed by atoms with Crippen LogP contribution in [0.3, 0.4) is 0 Å². The molecule has 112 valence electrons. The zero-order valence-electron chi connectivity index (χ0n) is 11.7. The second-order valence-corrected chi connectivity index (χ2v) is 5.20. The first-order valence-corrected chi connectivity index (χ1v) is 5.90. The average Bonchev–Trinajstić information content (AvgIpc) is 2.65. The van der Waals surface area contributed by atoms with E-state index in [1.165, 1.54) is 13.2 Å². The van der Waals surface area contributed by atoms with Crippen molar-refractivity contribution in [2.24, 2.45) is 7.05 Å². The van der Waals surface area contributed by atoms with Gasteiger partial charge in [-0.1, -0.05) is 0 Å². The Morgan fingerprint density at radius 3 is 2.55 bits per heavy atom. The molecule has 0 aromatic carbocycles. The van der Waals surface area contributed by atoms with Crippen LogP contribution in [0.5, 0.6) is 0 Å². The number of rotatable bonds is 4. The molecule has 1 aromatic heterocycles. The van der Waals surface area contributed by atoms with E-state index in [1.54, 1.807) is 20.8 Å². The average molecular weight is 289 g/mol. The highest BCUT2D eigenvalue weighted by molar-refractivity contribution is 5.74. The lowest BCUT2D eigenvalue weighted by Gasteiger charge is -2.21. The normalized spacial score (nSPS) is 13.2. The summed E-state index contributed by atoms with van der Waals surface area (Å²) in [4.78, 5) is 22.6. The van der Waals surface area contributed by atoms with Crippen molar-refractivity contribution < 1.29 is 23.1 Å². The summed E-state index contributed by atoms with van der Waals surface area (Å²) in [6.45, 7) is 4.95. The summed E-state index contributed by atoms with van der Waals surface area (Å²) in [6.07, 6.45) is -2.09. The zero-order chi connectivity index (χ0) is 15.5. The Balaban J connectivity index is 2.92. The van der Waals surface area contributed by atoms with Crippen molar-refractivity contribution in [3.05, 3.63) is 17.5 Å². The topological polar surface area (TPSA) is 73.2 Å². The van der Waals surface area contributed by atoms with Gasteiger partial charge in [-0.15, -0.1) is 0 Å². The third-order valence-electron chi connectivity index (χ3n) is 2.24. The van der Waals surface area contributed by atoms with Gasteiger partial charge >= 0.3 is 6.09 Å². The molecule has 0 aliphatic heterocycles. The number of hydrogen-bond acceptors (Lipinski definition) is 4. The summed E-state index contributed by atoms with van der Waals surface area (Å²) in [7, 11) is 1.45. The van der Waals surface area contributed by atoms with Gasteiger partial charge in [0.15, 0.2) is 0 Å². The van der Waals surface area contributed by atoms with Gasteiger partial charge in [0.05, 0.1) is 0 Å². The highest BCUT2D eigenvalue weighted by atomic mass is 19.3. The molecule has 1 atom stereocenters. The van der Waals surface area contributed by atoms with E-state index < -0.39 is 29.9 Å². The van der Waals surface area contributed by atoms with Crippen molar-refractivity contribution in [2.45, 2.75) is 38.8 Å². The molecule has 0 radical (unpaired) electrons. The van der Waals surface area contributed by atoms with Crippen molar-refractivity contribution in [3.8, 4) is 0 Å². The Kier molecular flexibility index (Phi) is 4.80. The summed E-state index contributed by atoms with van der Waals surface area (Å²) in [5, 5.41) is 5.81. The van der Waals surface area contributed by atoms with Crippen molar-refractivity contribution in [1.29, 1.82) is 0 Å². The minimum Gasteiger partial charge on any atom is -0.444 e. The van der Waals surface area contributed by atoms with E-state index in [9.17, 15) is 18.4 Å². The quantitative estimate of drug-likeness (QED) is 0.862. The van der Waals surface area contributed by atoms with Crippen LogP contribution in [0.1, 0.15) is 44.5 Å². The highest BCUT2D eigenvalue weighted by Gasteiger charge is 2.26. The molecular weight excluding hydrogens is 272 g/mol. The van der Waals surface area contributed by atoms with Crippen molar-refractivity contribution in [3.63, 3.8) is 0 Å². The van der Waals surface area contributed by atoms with Crippen LogP contribution in [0, 0.1) is 0 Å². The van der Waals surface area contributed by atoms with E-state index >= 15 is 0 Å². The first kappa shape index (κ1) is 16.1. The number of carbonyl (C=O) groups excluding carboxylic acids is 2. The molecule has 0 aliphatic carbocycles. The first-order chi connectivity index (χ1) is 9.14. The predicted molar refractivity (Wildman–Crippen MR) is 66.3 cm³/mol. The highest BCUT2D eigenvalue weighted by Crippen LogP contribution is 2.25.